The molecule has 0 nitrogen and oxygen atoms in total. The van der Waals surface area contributed by atoms with E-state index in [-0.39, 0.29) is 0 Å². The van der Waals surface area contributed by atoms with Crippen LogP contribution in [0.25, 0.3) is 0 Å². The Morgan fingerprint density at radius 1 is 1.40 bits per heavy atom. The Labute approximate surface area is 64.1 Å². The molecule has 0 N–H and O–H groups in total. The first kappa shape index (κ1) is 7.65. The van der Waals surface area contributed by atoms with E-state index in [4.69, 9.17) is 0 Å². The molecule has 0 amide bonds. The number of rotatable bonds is 3. The summed E-state index contributed by atoms with van der Waals surface area (Å²) in [6.07, 6.45) is 10.5. The van der Waals surface area contributed by atoms with E-state index in [1.54, 1.807) is 5.47 Å². The summed E-state index contributed by atoms with van der Waals surface area (Å²) >= 11 is 0. The zero-order valence-electron chi connectivity index (χ0n) is 6.93. The zero-order valence-corrected chi connectivity index (χ0v) is 6.93. The van der Waals surface area contributed by atoms with Gasteiger partial charge in [0.25, 0.3) is 0 Å². The van der Waals surface area contributed by atoms with Gasteiger partial charge in [-0.15, -0.1) is 0 Å². The summed E-state index contributed by atoms with van der Waals surface area (Å²) in [7, 11) is 0. The number of hydrogen-bond acceptors (Lipinski definition) is 0. The van der Waals surface area contributed by atoms with Crippen molar-refractivity contribution in [3.05, 3.63) is 23.7 Å². The fraction of sp³-hybridized carbons (Fsp3) is 0.556. The van der Waals surface area contributed by atoms with Crippen LogP contribution < -0.4 is 0 Å². The molecule has 0 aromatic rings. The lowest BCUT2D eigenvalue weighted by molar-refractivity contribution is 1.26. The van der Waals surface area contributed by atoms with Gasteiger partial charge in [0.05, 0.1) is 0 Å². The monoisotopic (exact) mass is 134 g/mol. The second-order valence-electron chi connectivity index (χ2n) is 2.89. The van der Waals surface area contributed by atoms with E-state index < -0.39 is 0 Å². The Morgan fingerprint density at radius 3 is 2.50 bits per heavy atom. The van der Waals surface area contributed by atoms with Crippen molar-refractivity contribution in [1.82, 2.24) is 0 Å². The molecule has 1 aliphatic carbocycles. The van der Waals surface area contributed by atoms with Gasteiger partial charge < -0.3 is 0 Å². The summed E-state index contributed by atoms with van der Waals surface area (Å²) in [5, 5.41) is 0. The van der Waals surface area contributed by atoms with Crippen LogP contribution in [0, 0.1) is 0 Å². The first-order chi connectivity index (χ1) is 4.88. The van der Waals surface area contributed by atoms with Crippen LogP contribution >= 0.6 is 0 Å². The van der Waals surface area contributed by atoms with Gasteiger partial charge in [-0.05, 0) is 6.42 Å². The van der Waals surface area contributed by atoms with Gasteiger partial charge in [0.2, 0.25) is 0 Å². The highest BCUT2D eigenvalue weighted by atomic mass is 13.9. The maximum atomic E-state index is 2.28. The molecule has 0 unspecified atom stereocenters. The van der Waals surface area contributed by atoms with Gasteiger partial charge in [0, 0.05) is 0 Å². The van der Waals surface area contributed by atoms with Crippen LogP contribution in [-0.2, 0) is 0 Å². The molecule has 1 heteroatoms. The predicted octanol–water partition coefficient (Wildman–Crippen LogP) is 2.95. The maximum absolute atomic E-state index is 2.28. The molecule has 54 valence electrons. The first-order valence-corrected chi connectivity index (χ1v) is 4.24. The molecule has 0 bridgehead atoms. The minimum absolute atomic E-state index is 0.843. The van der Waals surface area contributed by atoms with Crippen molar-refractivity contribution in [2.24, 2.45) is 0 Å². The molecular weight excluding hydrogens is 119 g/mol. The van der Waals surface area contributed by atoms with Crippen molar-refractivity contribution < 1.29 is 0 Å². The van der Waals surface area contributed by atoms with Crippen molar-refractivity contribution in [3.63, 3.8) is 0 Å². The molecule has 0 aromatic heterocycles. The molecule has 0 radical (unpaired) electrons. The minimum Gasteiger partial charge on any atom is -0.0975 e. The smallest absolute Gasteiger partial charge is 0.0975 e. The standard InChI is InChI=1S/C9H15B/c1-3-10(4-2)9-7-5-6-8-9/h5-7H,3-4,8H2,1-2H3. The summed E-state index contributed by atoms with van der Waals surface area (Å²) in [6.45, 7) is 5.38. The summed E-state index contributed by atoms with van der Waals surface area (Å²) in [6, 6.07) is 0. The molecule has 0 heterocycles. The fourth-order valence-electron chi connectivity index (χ4n) is 1.58. The lowest BCUT2D eigenvalue weighted by Crippen LogP contribution is -2.11. The number of hydrogen-bond donors (Lipinski definition) is 0. The highest BCUT2D eigenvalue weighted by Crippen LogP contribution is 2.18. The summed E-state index contributed by atoms with van der Waals surface area (Å²) < 4.78 is 0. The highest BCUT2D eigenvalue weighted by Gasteiger charge is 2.13. The number of allylic oxidation sites excluding steroid dienone is 4. The van der Waals surface area contributed by atoms with Crippen LogP contribution in [0.4, 0.5) is 0 Å². The fourth-order valence-corrected chi connectivity index (χ4v) is 1.58. The normalized spacial score (nSPS) is 15.6. The third-order valence-electron chi connectivity index (χ3n) is 2.31. The van der Waals surface area contributed by atoms with Crippen LogP contribution in [0.5, 0.6) is 0 Å². The van der Waals surface area contributed by atoms with Crippen molar-refractivity contribution in [2.75, 3.05) is 0 Å². The summed E-state index contributed by atoms with van der Waals surface area (Å²) in [4.78, 5) is 0. The van der Waals surface area contributed by atoms with Gasteiger partial charge in [-0.3, -0.25) is 0 Å². The van der Waals surface area contributed by atoms with E-state index in [2.05, 4.69) is 32.1 Å². The quantitative estimate of drug-likeness (QED) is 0.520. The van der Waals surface area contributed by atoms with Gasteiger partial charge in [-0.2, -0.15) is 0 Å². The molecule has 0 saturated heterocycles. The van der Waals surface area contributed by atoms with E-state index >= 15 is 0 Å². The van der Waals surface area contributed by atoms with E-state index in [1.165, 1.54) is 19.1 Å². The van der Waals surface area contributed by atoms with E-state index in [9.17, 15) is 0 Å². The Kier molecular flexibility index (Phi) is 2.79. The molecule has 0 fully saturated rings. The van der Waals surface area contributed by atoms with Crippen LogP contribution in [0.3, 0.4) is 0 Å². The minimum atomic E-state index is 0.843. The Morgan fingerprint density at radius 2 is 2.10 bits per heavy atom. The molecule has 1 rings (SSSR count). The van der Waals surface area contributed by atoms with Crippen molar-refractivity contribution >= 4 is 6.71 Å². The predicted molar refractivity (Wildman–Crippen MR) is 48.6 cm³/mol. The molecule has 0 aromatic carbocycles. The average molecular weight is 134 g/mol. The van der Waals surface area contributed by atoms with Gasteiger partial charge >= 0.3 is 0 Å². The zero-order chi connectivity index (χ0) is 7.40. The second kappa shape index (κ2) is 3.65. The second-order valence-corrected chi connectivity index (χ2v) is 2.89. The third-order valence-corrected chi connectivity index (χ3v) is 2.31. The maximum Gasteiger partial charge on any atom is 0.170 e. The summed E-state index contributed by atoms with van der Waals surface area (Å²) in [5.74, 6) is 0. The Balaban J connectivity index is 2.47. The first-order valence-electron chi connectivity index (χ1n) is 4.24. The molecule has 1 aliphatic rings. The highest BCUT2D eigenvalue weighted by molar-refractivity contribution is 6.66. The van der Waals surface area contributed by atoms with Gasteiger partial charge in [0.1, 0.15) is 0 Å². The van der Waals surface area contributed by atoms with Crippen molar-refractivity contribution in [1.29, 1.82) is 0 Å². The largest absolute Gasteiger partial charge is 0.170 e. The van der Waals surface area contributed by atoms with Crippen LogP contribution in [0.15, 0.2) is 23.7 Å². The van der Waals surface area contributed by atoms with Gasteiger partial charge in [0.15, 0.2) is 6.71 Å². The summed E-state index contributed by atoms with van der Waals surface area (Å²) in [5.41, 5.74) is 1.63. The van der Waals surface area contributed by atoms with Gasteiger partial charge in [-0.1, -0.05) is 50.2 Å². The van der Waals surface area contributed by atoms with Crippen molar-refractivity contribution in [3.8, 4) is 0 Å². The average Bonchev–Trinajstić information content (AvgIpc) is 2.43. The molecule has 10 heavy (non-hydrogen) atoms. The van der Waals surface area contributed by atoms with E-state index in [1.807, 2.05) is 0 Å². The van der Waals surface area contributed by atoms with Crippen LogP contribution in [-0.4, -0.2) is 6.71 Å². The SMILES string of the molecule is CCB(CC)C1=CC=CC1. The Hall–Kier alpha value is -0.455. The molecule has 0 atom stereocenters. The van der Waals surface area contributed by atoms with E-state index in [0.717, 1.165) is 6.71 Å². The lowest BCUT2D eigenvalue weighted by atomic mass is 9.40. The van der Waals surface area contributed by atoms with Crippen LogP contribution in [0.2, 0.25) is 12.6 Å². The van der Waals surface area contributed by atoms with Crippen LogP contribution in [0.1, 0.15) is 20.3 Å². The van der Waals surface area contributed by atoms with Gasteiger partial charge in [-0.25, -0.2) is 0 Å². The van der Waals surface area contributed by atoms with Crippen molar-refractivity contribution in [2.45, 2.75) is 32.9 Å². The Bertz CT molecular complexity index is 152. The topological polar surface area (TPSA) is 0 Å². The van der Waals surface area contributed by atoms with E-state index in [0.29, 0.717) is 0 Å². The molecule has 0 aliphatic heterocycles. The third kappa shape index (κ3) is 1.53. The lowest BCUT2D eigenvalue weighted by Gasteiger charge is -2.08. The molecule has 0 saturated carbocycles. The molecule has 0 spiro atoms. The molecular formula is C9H15B.